The van der Waals surface area contributed by atoms with Crippen molar-refractivity contribution in [3.8, 4) is 0 Å². The monoisotopic (exact) mass is 330 g/mol. The van der Waals surface area contributed by atoms with Gasteiger partial charge in [-0.05, 0) is 25.0 Å². The van der Waals surface area contributed by atoms with Crippen molar-refractivity contribution in [1.29, 1.82) is 0 Å². The maximum Gasteiger partial charge on any atom is 0.0985 e. The number of para-hydroxylation sites is 1. The first-order valence-corrected chi connectivity index (χ1v) is 9.82. The van der Waals surface area contributed by atoms with Crippen molar-refractivity contribution in [2.75, 3.05) is 0 Å². The molecule has 0 aliphatic heterocycles. The lowest BCUT2D eigenvalue weighted by Crippen LogP contribution is -2.36. The molecule has 2 N–H and O–H groups in total. The van der Waals surface area contributed by atoms with Gasteiger partial charge < -0.3 is 5.73 Å². The lowest BCUT2D eigenvalue weighted by molar-refractivity contribution is 0.464. The molecular formula is C20H30N2S. The number of unbranched alkanes of at least 4 members (excludes halogenated alkanes) is 4. The van der Waals surface area contributed by atoms with Gasteiger partial charge in [0.25, 0.3) is 0 Å². The molecule has 0 bridgehead atoms. The van der Waals surface area contributed by atoms with Crippen LogP contribution >= 0.6 is 11.8 Å². The van der Waals surface area contributed by atoms with Crippen molar-refractivity contribution >= 4 is 22.7 Å². The molecule has 0 unspecified atom stereocenters. The molecule has 0 aliphatic carbocycles. The lowest BCUT2D eigenvalue weighted by atomic mass is 10.0. The van der Waals surface area contributed by atoms with Crippen molar-refractivity contribution in [1.82, 2.24) is 4.98 Å². The van der Waals surface area contributed by atoms with E-state index in [2.05, 4.69) is 44.2 Å². The van der Waals surface area contributed by atoms with Crippen LogP contribution < -0.4 is 5.73 Å². The van der Waals surface area contributed by atoms with Crippen molar-refractivity contribution in [2.24, 2.45) is 5.73 Å². The first-order chi connectivity index (χ1) is 11.2. The Balaban J connectivity index is 2.09. The summed E-state index contributed by atoms with van der Waals surface area (Å²) in [5, 5.41) is 2.25. The molecule has 2 aromatic rings. The Morgan fingerprint density at radius 3 is 2.22 bits per heavy atom. The fourth-order valence-corrected chi connectivity index (χ4v) is 4.08. The average molecular weight is 331 g/mol. The number of hydrogen-bond acceptors (Lipinski definition) is 3. The molecule has 3 heteroatoms. The summed E-state index contributed by atoms with van der Waals surface area (Å²) in [4.78, 5) is 4.62. The third-order valence-electron chi connectivity index (χ3n) is 4.29. The second-order valence-electron chi connectivity index (χ2n) is 6.42. The highest BCUT2D eigenvalue weighted by atomic mass is 32.2. The maximum atomic E-state index is 6.78. The van der Waals surface area contributed by atoms with Gasteiger partial charge >= 0.3 is 0 Å². The predicted octanol–water partition coefficient (Wildman–Crippen LogP) is 6.14. The topological polar surface area (TPSA) is 38.9 Å². The molecule has 23 heavy (non-hydrogen) atoms. The number of nitrogens with zero attached hydrogens (tertiary/aromatic N) is 1. The van der Waals surface area contributed by atoms with E-state index in [0.29, 0.717) is 0 Å². The predicted molar refractivity (Wildman–Crippen MR) is 103 cm³/mol. The SMILES string of the molecule is CCCCCC(N)(CCCCC)Sc1ccc2ccccc2n1. The molecular weight excluding hydrogens is 300 g/mol. The van der Waals surface area contributed by atoms with Gasteiger partial charge in [0.15, 0.2) is 0 Å². The first-order valence-electron chi connectivity index (χ1n) is 9.00. The number of nitrogens with two attached hydrogens (primary N) is 1. The van der Waals surface area contributed by atoms with Gasteiger partial charge in [-0.2, -0.15) is 0 Å². The zero-order valence-electron chi connectivity index (χ0n) is 14.6. The van der Waals surface area contributed by atoms with E-state index >= 15 is 0 Å². The van der Waals surface area contributed by atoms with Crippen LogP contribution in [0.5, 0.6) is 0 Å². The molecule has 0 atom stereocenters. The number of aromatic nitrogens is 1. The van der Waals surface area contributed by atoms with Gasteiger partial charge in [-0.15, -0.1) is 0 Å². The summed E-state index contributed by atoms with van der Waals surface area (Å²) in [5.74, 6) is 0. The van der Waals surface area contributed by atoms with Crippen LogP contribution in [0.2, 0.25) is 0 Å². The maximum absolute atomic E-state index is 6.78. The minimum atomic E-state index is -0.181. The van der Waals surface area contributed by atoms with Crippen LogP contribution in [-0.2, 0) is 0 Å². The summed E-state index contributed by atoms with van der Waals surface area (Å²) in [6.45, 7) is 4.49. The molecule has 126 valence electrons. The van der Waals surface area contributed by atoms with Gasteiger partial charge in [-0.25, -0.2) is 4.98 Å². The standard InChI is InChI=1S/C20H30N2S/c1-3-5-9-15-20(21,16-10-6-4-2)23-19-14-13-17-11-7-8-12-18(17)22-19/h7-8,11-14H,3-6,9-10,15-16,21H2,1-2H3. The fourth-order valence-electron chi connectivity index (χ4n) is 2.89. The van der Waals surface area contributed by atoms with Gasteiger partial charge in [0, 0.05) is 5.39 Å². The van der Waals surface area contributed by atoms with Gasteiger partial charge in [-0.1, -0.05) is 88.4 Å². The summed E-state index contributed by atoms with van der Waals surface area (Å²) in [5.41, 5.74) is 7.84. The lowest BCUT2D eigenvalue weighted by Gasteiger charge is -2.29. The normalized spacial score (nSPS) is 12.0. The van der Waals surface area contributed by atoms with Crippen LogP contribution in [0.3, 0.4) is 0 Å². The Labute approximate surface area is 145 Å². The van der Waals surface area contributed by atoms with E-state index < -0.39 is 0 Å². The Bertz CT molecular complexity index is 587. The van der Waals surface area contributed by atoms with E-state index in [4.69, 9.17) is 10.7 Å². The second-order valence-corrected chi connectivity index (χ2v) is 7.86. The molecule has 0 aliphatic rings. The van der Waals surface area contributed by atoms with Gasteiger partial charge in [-0.3, -0.25) is 0 Å². The molecule has 2 rings (SSSR count). The van der Waals surface area contributed by atoms with E-state index in [1.165, 1.54) is 43.9 Å². The van der Waals surface area contributed by atoms with Crippen LogP contribution in [0, 0.1) is 0 Å². The number of rotatable bonds is 10. The van der Waals surface area contributed by atoms with Gasteiger partial charge in [0.1, 0.15) is 0 Å². The number of fused-ring (bicyclic) bond motifs is 1. The van der Waals surface area contributed by atoms with E-state index in [1.54, 1.807) is 11.8 Å². The number of hydrogen-bond donors (Lipinski definition) is 1. The molecule has 0 amide bonds. The number of thioether (sulfide) groups is 1. The first kappa shape index (κ1) is 18.3. The van der Waals surface area contributed by atoms with Gasteiger partial charge in [0.2, 0.25) is 0 Å². The summed E-state index contributed by atoms with van der Waals surface area (Å²) < 4.78 is 0. The van der Waals surface area contributed by atoms with Gasteiger partial charge in [0.05, 0.1) is 15.4 Å². The molecule has 0 saturated carbocycles. The van der Waals surface area contributed by atoms with Crippen LogP contribution in [0.4, 0.5) is 0 Å². The molecule has 1 aromatic carbocycles. The smallest absolute Gasteiger partial charge is 0.0985 e. The Hall–Kier alpha value is -1.06. The van der Waals surface area contributed by atoms with Crippen molar-refractivity contribution in [3.05, 3.63) is 36.4 Å². The zero-order valence-corrected chi connectivity index (χ0v) is 15.4. The molecule has 0 spiro atoms. The van der Waals surface area contributed by atoms with E-state index in [9.17, 15) is 0 Å². The summed E-state index contributed by atoms with van der Waals surface area (Å²) >= 11 is 1.77. The second kappa shape index (κ2) is 9.29. The van der Waals surface area contributed by atoms with E-state index in [-0.39, 0.29) is 4.87 Å². The van der Waals surface area contributed by atoms with Crippen molar-refractivity contribution < 1.29 is 0 Å². The summed E-state index contributed by atoms with van der Waals surface area (Å²) in [6.07, 6.45) is 9.57. The average Bonchev–Trinajstić information content (AvgIpc) is 2.55. The summed E-state index contributed by atoms with van der Waals surface area (Å²) in [6, 6.07) is 12.6. The third kappa shape index (κ3) is 5.82. The van der Waals surface area contributed by atoms with E-state index in [1.807, 2.05) is 6.07 Å². The third-order valence-corrected chi connectivity index (χ3v) is 5.54. The Kier molecular flexibility index (Phi) is 7.38. The molecule has 1 aromatic heterocycles. The molecule has 0 saturated heterocycles. The minimum absolute atomic E-state index is 0.181. The highest BCUT2D eigenvalue weighted by molar-refractivity contribution is 8.00. The van der Waals surface area contributed by atoms with Crippen LogP contribution in [-0.4, -0.2) is 9.85 Å². The number of pyridine rings is 1. The number of benzene rings is 1. The Morgan fingerprint density at radius 1 is 0.913 bits per heavy atom. The quantitative estimate of drug-likeness (QED) is 0.323. The molecule has 0 radical (unpaired) electrons. The highest BCUT2D eigenvalue weighted by Crippen LogP contribution is 2.36. The van der Waals surface area contributed by atoms with Crippen LogP contribution in [0.15, 0.2) is 41.4 Å². The van der Waals surface area contributed by atoms with Crippen LogP contribution in [0.25, 0.3) is 10.9 Å². The van der Waals surface area contributed by atoms with Crippen molar-refractivity contribution in [2.45, 2.75) is 75.1 Å². The van der Waals surface area contributed by atoms with E-state index in [0.717, 1.165) is 23.4 Å². The zero-order chi connectivity index (χ0) is 16.5. The molecule has 2 nitrogen and oxygen atoms in total. The largest absolute Gasteiger partial charge is 0.316 e. The molecule has 1 heterocycles. The minimum Gasteiger partial charge on any atom is -0.316 e. The fraction of sp³-hybridized carbons (Fsp3) is 0.550. The highest BCUT2D eigenvalue weighted by Gasteiger charge is 2.26. The molecule has 0 fully saturated rings. The van der Waals surface area contributed by atoms with Crippen LogP contribution in [0.1, 0.15) is 65.2 Å². The van der Waals surface area contributed by atoms with Crippen molar-refractivity contribution in [3.63, 3.8) is 0 Å². The Morgan fingerprint density at radius 2 is 1.57 bits per heavy atom. The summed E-state index contributed by atoms with van der Waals surface area (Å²) in [7, 11) is 0.